The summed E-state index contributed by atoms with van der Waals surface area (Å²) in [7, 11) is 1.93. The van der Waals surface area contributed by atoms with Crippen molar-refractivity contribution in [1.82, 2.24) is 25.0 Å². The van der Waals surface area contributed by atoms with E-state index in [1.165, 1.54) is 29.4 Å². The molecule has 3 heterocycles. The highest BCUT2D eigenvalue weighted by molar-refractivity contribution is 5.94. The summed E-state index contributed by atoms with van der Waals surface area (Å²) in [5, 5.41) is 13.1. The number of nitrogens with one attached hydrogen (secondary N) is 1. The number of hydrogen-bond acceptors (Lipinski definition) is 5. The molecule has 2 aliphatic rings. The topological polar surface area (TPSA) is 85.7 Å². The van der Waals surface area contributed by atoms with Crippen molar-refractivity contribution < 1.29 is 9.53 Å². The summed E-state index contributed by atoms with van der Waals surface area (Å²) in [6.07, 6.45) is 5.13. The number of nitrogens with zero attached hydrogens (tertiary/aromatic N) is 4. The Hall–Kier alpha value is -3.48. The van der Waals surface area contributed by atoms with Crippen molar-refractivity contribution in [3.8, 4) is 11.4 Å². The van der Waals surface area contributed by atoms with Crippen LogP contribution >= 0.6 is 0 Å². The van der Waals surface area contributed by atoms with Crippen LogP contribution in [0.15, 0.2) is 36.5 Å². The van der Waals surface area contributed by atoms with Gasteiger partial charge in [-0.15, -0.1) is 0 Å². The number of aryl methyl sites for hydroxylation is 1. The van der Waals surface area contributed by atoms with E-state index in [4.69, 9.17) is 9.72 Å². The molecule has 29 heavy (non-hydrogen) atoms. The number of aromatic nitrogens is 5. The molecule has 1 aliphatic carbocycles. The van der Waals surface area contributed by atoms with E-state index in [2.05, 4.69) is 27.4 Å². The lowest BCUT2D eigenvalue weighted by Crippen LogP contribution is -2.03. The second kappa shape index (κ2) is 6.01. The van der Waals surface area contributed by atoms with E-state index in [9.17, 15) is 4.79 Å². The van der Waals surface area contributed by atoms with Crippen LogP contribution in [0.1, 0.15) is 51.6 Å². The molecule has 0 radical (unpaired) electrons. The van der Waals surface area contributed by atoms with E-state index in [0.29, 0.717) is 23.9 Å². The summed E-state index contributed by atoms with van der Waals surface area (Å²) >= 11 is 0. The van der Waals surface area contributed by atoms with E-state index in [1.807, 2.05) is 30.1 Å². The predicted molar refractivity (Wildman–Crippen MR) is 106 cm³/mol. The Morgan fingerprint density at radius 2 is 2.14 bits per heavy atom. The minimum atomic E-state index is -0.261. The molecule has 0 atom stereocenters. The van der Waals surface area contributed by atoms with Crippen molar-refractivity contribution in [3.63, 3.8) is 0 Å². The largest absolute Gasteiger partial charge is 0.457 e. The van der Waals surface area contributed by atoms with Crippen molar-refractivity contribution >= 4 is 16.9 Å². The van der Waals surface area contributed by atoms with Gasteiger partial charge in [-0.05, 0) is 48.1 Å². The van der Waals surface area contributed by atoms with E-state index >= 15 is 0 Å². The highest BCUT2D eigenvalue weighted by Crippen LogP contribution is 2.45. The first kappa shape index (κ1) is 16.5. The number of fused-ring (bicyclic) bond motifs is 2. The van der Waals surface area contributed by atoms with Crippen LogP contribution in [0.2, 0.25) is 0 Å². The molecular formula is C22H19N5O2. The average molecular weight is 385 g/mol. The first-order chi connectivity index (χ1) is 14.2. The molecule has 7 nitrogen and oxygen atoms in total. The van der Waals surface area contributed by atoms with Gasteiger partial charge in [0.25, 0.3) is 0 Å². The third-order valence-corrected chi connectivity index (χ3v) is 5.89. The summed E-state index contributed by atoms with van der Waals surface area (Å²) in [5.74, 6) is 1.94. The van der Waals surface area contributed by atoms with Crippen molar-refractivity contribution in [3.05, 3.63) is 64.6 Å². The highest BCUT2D eigenvalue weighted by atomic mass is 16.5. The van der Waals surface area contributed by atoms with Gasteiger partial charge in [-0.25, -0.2) is 9.78 Å². The average Bonchev–Trinajstić information content (AvgIpc) is 3.15. The van der Waals surface area contributed by atoms with E-state index < -0.39 is 0 Å². The molecule has 0 amide bonds. The maximum absolute atomic E-state index is 11.7. The zero-order valence-electron chi connectivity index (χ0n) is 16.0. The maximum Gasteiger partial charge on any atom is 0.338 e. The molecule has 0 spiro atoms. The fraction of sp³-hybridized carbons (Fsp3) is 0.273. The van der Waals surface area contributed by atoms with Crippen molar-refractivity contribution in [2.75, 3.05) is 0 Å². The monoisotopic (exact) mass is 385 g/mol. The summed E-state index contributed by atoms with van der Waals surface area (Å²) in [6.45, 7) is 0.317. The smallest absolute Gasteiger partial charge is 0.338 e. The molecule has 144 valence electrons. The van der Waals surface area contributed by atoms with Gasteiger partial charge in [-0.3, -0.25) is 9.78 Å². The van der Waals surface area contributed by atoms with E-state index in [-0.39, 0.29) is 5.97 Å². The van der Waals surface area contributed by atoms with Gasteiger partial charge in [0.1, 0.15) is 12.4 Å². The molecule has 2 aromatic carbocycles. The number of carbonyl (C=O) groups excluding carboxylic acids is 1. The number of benzene rings is 2. The number of carbonyl (C=O) groups is 1. The highest BCUT2D eigenvalue weighted by Gasteiger charge is 2.29. The quantitative estimate of drug-likeness (QED) is 0.544. The summed E-state index contributed by atoms with van der Waals surface area (Å²) in [4.78, 5) is 16.5. The lowest BCUT2D eigenvalue weighted by atomic mass is 9.96. The number of H-pyrrole nitrogens is 1. The second-order valence-electron chi connectivity index (χ2n) is 7.84. The zero-order chi connectivity index (χ0) is 19.5. The van der Waals surface area contributed by atoms with Gasteiger partial charge < -0.3 is 4.74 Å². The predicted octanol–water partition coefficient (Wildman–Crippen LogP) is 3.50. The van der Waals surface area contributed by atoms with Gasteiger partial charge in [0.15, 0.2) is 5.82 Å². The van der Waals surface area contributed by atoms with Gasteiger partial charge in [-0.1, -0.05) is 12.1 Å². The Morgan fingerprint density at radius 1 is 1.24 bits per heavy atom. The van der Waals surface area contributed by atoms with E-state index in [0.717, 1.165) is 28.9 Å². The fourth-order valence-electron chi connectivity index (χ4n) is 4.23. The lowest BCUT2D eigenvalue weighted by molar-refractivity contribution is 0.0535. The standard InChI is InChI=1S/C22H19N5O2/c1-27-19(9-13-5-7-18-17(10-23-25-18)20(13)12-2-3-12)24-21(26-27)14-4-6-16-15(8-14)11-29-22(16)28/h4-8,10,12H,2-3,9,11H2,1H3,(H,23,25). The summed E-state index contributed by atoms with van der Waals surface area (Å²) in [6, 6.07) is 9.91. The lowest BCUT2D eigenvalue weighted by Gasteiger charge is -2.09. The minimum absolute atomic E-state index is 0.261. The van der Waals surface area contributed by atoms with Crippen LogP contribution in [-0.4, -0.2) is 30.9 Å². The second-order valence-corrected chi connectivity index (χ2v) is 7.84. The molecule has 1 saturated carbocycles. The van der Waals surface area contributed by atoms with Crippen LogP contribution < -0.4 is 0 Å². The normalized spacial score (nSPS) is 15.7. The number of ether oxygens (including phenoxy) is 1. The number of aromatic amines is 1. The van der Waals surface area contributed by atoms with Crippen LogP contribution in [0.3, 0.4) is 0 Å². The summed E-state index contributed by atoms with van der Waals surface area (Å²) in [5.41, 5.74) is 6.20. The Morgan fingerprint density at radius 3 is 3.00 bits per heavy atom. The summed E-state index contributed by atoms with van der Waals surface area (Å²) < 4.78 is 6.95. The van der Waals surface area contributed by atoms with Gasteiger partial charge in [0.2, 0.25) is 0 Å². The van der Waals surface area contributed by atoms with Crippen LogP contribution in [-0.2, 0) is 24.8 Å². The first-order valence-corrected chi connectivity index (χ1v) is 9.82. The molecule has 7 heteroatoms. The van der Waals surface area contributed by atoms with Crippen molar-refractivity contribution in [1.29, 1.82) is 0 Å². The number of rotatable bonds is 4. The third-order valence-electron chi connectivity index (χ3n) is 5.89. The maximum atomic E-state index is 11.7. The molecule has 1 N–H and O–H groups in total. The van der Waals surface area contributed by atoms with Crippen LogP contribution in [0.4, 0.5) is 0 Å². The van der Waals surface area contributed by atoms with Crippen molar-refractivity contribution in [2.24, 2.45) is 7.05 Å². The number of cyclic esters (lactones) is 1. The minimum Gasteiger partial charge on any atom is -0.457 e. The van der Waals surface area contributed by atoms with Crippen molar-refractivity contribution in [2.45, 2.75) is 31.8 Å². The zero-order valence-corrected chi connectivity index (χ0v) is 16.0. The van der Waals surface area contributed by atoms with Crippen LogP contribution in [0.25, 0.3) is 22.3 Å². The van der Waals surface area contributed by atoms with Gasteiger partial charge in [0.05, 0.1) is 17.3 Å². The number of hydrogen-bond donors (Lipinski definition) is 1. The SMILES string of the molecule is Cn1nc(-c2ccc3c(c2)COC3=O)nc1Cc1ccc2[nH]ncc2c1C1CC1. The van der Waals surface area contributed by atoms with Gasteiger partial charge in [-0.2, -0.15) is 10.2 Å². The van der Waals surface area contributed by atoms with Gasteiger partial charge >= 0.3 is 5.97 Å². The van der Waals surface area contributed by atoms with E-state index in [1.54, 1.807) is 6.07 Å². The molecule has 0 unspecified atom stereocenters. The molecular weight excluding hydrogens is 366 g/mol. The molecule has 0 bridgehead atoms. The van der Waals surface area contributed by atoms with Crippen LogP contribution in [0.5, 0.6) is 0 Å². The molecule has 1 fully saturated rings. The fourth-order valence-corrected chi connectivity index (χ4v) is 4.23. The van der Waals surface area contributed by atoms with Crippen LogP contribution in [0, 0.1) is 0 Å². The molecule has 0 saturated heterocycles. The Labute approximate surface area is 166 Å². The third kappa shape index (κ3) is 2.65. The molecule has 1 aliphatic heterocycles. The Balaban J connectivity index is 1.37. The Kier molecular flexibility index (Phi) is 3.41. The van der Waals surface area contributed by atoms with Gasteiger partial charge in [0, 0.05) is 30.0 Å². The Bertz CT molecular complexity index is 1280. The molecule has 6 rings (SSSR count). The molecule has 4 aromatic rings. The number of esters is 1. The first-order valence-electron chi connectivity index (χ1n) is 9.82. The molecule has 2 aromatic heterocycles.